The Morgan fingerprint density at radius 3 is 2.84 bits per heavy atom. The van der Waals surface area contributed by atoms with Crippen molar-refractivity contribution in [3.05, 3.63) is 70.5 Å². The molecule has 1 aliphatic rings. The molecule has 0 aliphatic heterocycles. The average Bonchev–Trinajstić information content (AvgIpc) is 2.84. The number of rotatable bonds is 2. The summed E-state index contributed by atoms with van der Waals surface area (Å²) < 4.78 is 13.9. The van der Waals surface area contributed by atoms with E-state index in [2.05, 4.69) is 6.07 Å². The van der Waals surface area contributed by atoms with Crippen molar-refractivity contribution < 1.29 is 9.50 Å². The standard InChI is InChI=1S/C17H17FO/c1-11-6-9-16(18)15(10-11)17(19)14-8-7-12-4-2-3-5-13(12)14/h2-6,9-10,14,17,19H,7-8H2,1H3. The van der Waals surface area contributed by atoms with Gasteiger partial charge in [0.15, 0.2) is 0 Å². The lowest BCUT2D eigenvalue weighted by molar-refractivity contribution is 0.140. The van der Waals surface area contributed by atoms with Crippen LogP contribution in [0.3, 0.4) is 0 Å². The molecule has 0 spiro atoms. The monoisotopic (exact) mass is 256 g/mol. The van der Waals surface area contributed by atoms with Gasteiger partial charge in [-0.3, -0.25) is 0 Å². The van der Waals surface area contributed by atoms with Crippen LogP contribution in [0, 0.1) is 12.7 Å². The minimum atomic E-state index is -0.761. The van der Waals surface area contributed by atoms with Gasteiger partial charge in [-0.1, -0.05) is 42.0 Å². The maximum absolute atomic E-state index is 13.9. The zero-order valence-electron chi connectivity index (χ0n) is 10.9. The molecule has 0 aromatic heterocycles. The van der Waals surface area contributed by atoms with Crippen LogP contribution in [0.15, 0.2) is 42.5 Å². The molecule has 0 fully saturated rings. The molecule has 0 saturated heterocycles. The highest BCUT2D eigenvalue weighted by Crippen LogP contribution is 2.42. The van der Waals surface area contributed by atoms with Gasteiger partial charge in [0, 0.05) is 11.5 Å². The molecule has 0 radical (unpaired) electrons. The first-order chi connectivity index (χ1) is 9.16. The maximum Gasteiger partial charge on any atom is 0.129 e. The maximum atomic E-state index is 13.9. The zero-order chi connectivity index (χ0) is 13.4. The van der Waals surface area contributed by atoms with Crippen LogP contribution in [0.4, 0.5) is 4.39 Å². The van der Waals surface area contributed by atoms with Gasteiger partial charge < -0.3 is 5.11 Å². The quantitative estimate of drug-likeness (QED) is 0.864. The number of hydrogen-bond donors (Lipinski definition) is 1. The number of hydrogen-bond acceptors (Lipinski definition) is 1. The minimum absolute atomic E-state index is 0.00694. The molecule has 2 unspecified atom stereocenters. The van der Waals surface area contributed by atoms with Crippen molar-refractivity contribution in [2.24, 2.45) is 0 Å². The van der Waals surface area contributed by atoms with Crippen LogP contribution >= 0.6 is 0 Å². The Bertz CT molecular complexity index is 606. The molecule has 19 heavy (non-hydrogen) atoms. The highest BCUT2D eigenvalue weighted by Gasteiger charge is 2.30. The van der Waals surface area contributed by atoms with E-state index in [4.69, 9.17) is 0 Å². The van der Waals surface area contributed by atoms with Gasteiger partial charge in [-0.25, -0.2) is 4.39 Å². The molecule has 1 aliphatic carbocycles. The highest BCUT2D eigenvalue weighted by atomic mass is 19.1. The summed E-state index contributed by atoms with van der Waals surface area (Å²) in [4.78, 5) is 0. The van der Waals surface area contributed by atoms with Crippen LogP contribution in [0.1, 0.15) is 40.7 Å². The molecule has 2 aromatic carbocycles. The molecule has 1 nitrogen and oxygen atoms in total. The fourth-order valence-electron chi connectivity index (χ4n) is 3.02. The van der Waals surface area contributed by atoms with E-state index in [-0.39, 0.29) is 11.7 Å². The molecular formula is C17H17FO. The molecule has 0 heterocycles. The molecule has 1 N–H and O–H groups in total. The zero-order valence-corrected chi connectivity index (χ0v) is 10.9. The number of benzene rings is 2. The third-order valence-electron chi connectivity index (χ3n) is 4.03. The van der Waals surface area contributed by atoms with Gasteiger partial charge in [0.25, 0.3) is 0 Å². The van der Waals surface area contributed by atoms with Crippen molar-refractivity contribution in [3.8, 4) is 0 Å². The summed E-state index contributed by atoms with van der Waals surface area (Å²) in [6, 6.07) is 13.1. The lowest BCUT2D eigenvalue weighted by Crippen LogP contribution is -2.10. The number of aliphatic hydroxyl groups is 1. The predicted octanol–water partition coefficient (Wildman–Crippen LogP) is 3.90. The second-order valence-corrected chi connectivity index (χ2v) is 5.31. The second kappa shape index (κ2) is 4.78. The molecule has 98 valence electrons. The van der Waals surface area contributed by atoms with E-state index in [1.807, 2.05) is 25.1 Å². The van der Waals surface area contributed by atoms with Crippen molar-refractivity contribution in [1.29, 1.82) is 0 Å². The van der Waals surface area contributed by atoms with Crippen molar-refractivity contribution in [2.75, 3.05) is 0 Å². The van der Waals surface area contributed by atoms with Crippen LogP contribution in [-0.2, 0) is 6.42 Å². The first-order valence-corrected chi connectivity index (χ1v) is 6.69. The molecule has 2 heteroatoms. The molecule has 0 bridgehead atoms. The normalized spacial score (nSPS) is 19.2. The third-order valence-corrected chi connectivity index (χ3v) is 4.03. The van der Waals surface area contributed by atoms with Crippen molar-refractivity contribution in [2.45, 2.75) is 31.8 Å². The highest BCUT2D eigenvalue weighted by molar-refractivity contribution is 5.38. The summed E-state index contributed by atoms with van der Waals surface area (Å²) in [5, 5.41) is 10.5. The van der Waals surface area contributed by atoms with E-state index in [9.17, 15) is 9.50 Å². The average molecular weight is 256 g/mol. The Morgan fingerprint density at radius 1 is 1.21 bits per heavy atom. The first kappa shape index (κ1) is 12.4. The number of aryl methyl sites for hydroxylation is 2. The molecular weight excluding hydrogens is 239 g/mol. The van der Waals surface area contributed by atoms with Crippen LogP contribution in [0.2, 0.25) is 0 Å². The topological polar surface area (TPSA) is 20.2 Å². The van der Waals surface area contributed by atoms with Crippen LogP contribution in [0.25, 0.3) is 0 Å². The Morgan fingerprint density at radius 2 is 2.00 bits per heavy atom. The van der Waals surface area contributed by atoms with E-state index < -0.39 is 6.10 Å². The van der Waals surface area contributed by atoms with Gasteiger partial charge in [-0.15, -0.1) is 0 Å². The van der Waals surface area contributed by atoms with Gasteiger partial charge in [0.2, 0.25) is 0 Å². The van der Waals surface area contributed by atoms with Crippen LogP contribution in [0.5, 0.6) is 0 Å². The van der Waals surface area contributed by atoms with Gasteiger partial charge in [-0.05, 0) is 37.0 Å². The van der Waals surface area contributed by atoms with Gasteiger partial charge >= 0.3 is 0 Å². The molecule has 3 rings (SSSR count). The Balaban J connectivity index is 1.97. The van der Waals surface area contributed by atoms with E-state index >= 15 is 0 Å². The predicted molar refractivity (Wildman–Crippen MR) is 73.6 cm³/mol. The summed E-state index contributed by atoms with van der Waals surface area (Å²) >= 11 is 0. The summed E-state index contributed by atoms with van der Waals surface area (Å²) in [5.74, 6) is -0.310. The van der Waals surface area contributed by atoms with Crippen molar-refractivity contribution in [1.82, 2.24) is 0 Å². The summed E-state index contributed by atoms with van der Waals surface area (Å²) in [6.07, 6.45) is 1.09. The fourth-order valence-corrected chi connectivity index (χ4v) is 3.02. The second-order valence-electron chi connectivity index (χ2n) is 5.31. The van der Waals surface area contributed by atoms with Crippen molar-refractivity contribution in [3.63, 3.8) is 0 Å². The van der Waals surface area contributed by atoms with E-state index in [0.717, 1.165) is 24.0 Å². The van der Waals surface area contributed by atoms with Gasteiger partial charge in [-0.2, -0.15) is 0 Å². The Labute approximate surface area is 112 Å². The van der Waals surface area contributed by atoms with E-state index in [1.54, 1.807) is 12.1 Å². The van der Waals surface area contributed by atoms with Crippen LogP contribution in [-0.4, -0.2) is 5.11 Å². The van der Waals surface area contributed by atoms with Gasteiger partial charge in [0.05, 0.1) is 6.10 Å². The first-order valence-electron chi connectivity index (χ1n) is 6.69. The van der Waals surface area contributed by atoms with Crippen molar-refractivity contribution >= 4 is 0 Å². The molecule has 0 saturated carbocycles. The number of halogens is 1. The molecule has 2 aromatic rings. The SMILES string of the molecule is Cc1ccc(F)c(C(O)C2CCc3ccccc32)c1. The van der Waals surface area contributed by atoms with Crippen LogP contribution < -0.4 is 0 Å². The number of fused-ring (bicyclic) bond motifs is 1. The minimum Gasteiger partial charge on any atom is -0.388 e. The lowest BCUT2D eigenvalue weighted by atomic mass is 9.90. The summed E-state index contributed by atoms with van der Waals surface area (Å²) in [5.41, 5.74) is 3.83. The number of aliphatic hydroxyl groups excluding tert-OH is 1. The molecule has 0 amide bonds. The fraction of sp³-hybridized carbons (Fsp3) is 0.294. The summed E-state index contributed by atoms with van der Waals surface area (Å²) in [6.45, 7) is 1.91. The Hall–Kier alpha value is -1.67. The van der Waals surface area contributed by atoms with E-state index in [0.29, 0.717) is 5.56 Å². The van der Waals surface area contributed by atoms with Gasteiger partial charge in [0.1, 0.15) is 5.82 Å². The molecule has 2 atom stereocenters. The Kier molecular flexibility index (Phi) is 3.11. The smallest absolute Gasteiger partial charge is 0.129 e. The van der Waals surface area contributed by atoms with E-state index in [1.165, 1.54) is 11.6 Å². The summed E-state index contributed by atoms with van der Waals surface area (Å²) in [7, 11) is 0. The largest absolute Gasteiger partial charge is 0.388 e. The lowest BCUT2D eigenvalue weighted by Gasteiger charge is -2.20. The third kappa shape index (κ3) is 2.17.